The summed E-state index contributed by atoms with van der Waals surface area (Å²) >= 11 is 1.45. The van der Waals surface area contributed by atoms with E-state index in [0.29, 0.717) is 51.7 Å². The van der Waals surface area contributed by atoms with Crippen LogP contribution in [0.15, 0.2) is 11.6 Å². The summed E-state index contributed by atoms with van der Waals surface area (Å²) in [6, 6.07) is -2.66. The minimum absolute atomic E-state index is 0.0226. The van der Waals surface area contributed by atoms with Crippen LogP contribution in [0.25, 0.3) is 0 Å². The van der Waals surface area contributed by atoms with E-state index in [1.807, 2.05) is 19.2 Å². The maximum absolute atomic E-state index is 14.1. The molecule has 1 fully saturated rings. The van der Waals surface area contributed by atoms with Crippen LogP contribution in [0.5, 0.6) is 0 Å². The lowest BCUT2D eigenvalue weighted by atomic mass is 9.90. The molecule has 2 heterocycles. The number of likely N-dealkylation sites (N-methyl/N-ethyl adjacent to an activating group) is 2. The molecule has 0 aliphatic carbocycles. The molecule has 1 aromatic rings. The van der Waals surface area contributed by atoms with E-state index in [4.69, 9.17) is 15.2 Å². The second-order valence-corrected chi connectivity index (χ2v) is 16.9. The molecule has 1 aliphatic heterocycles. The number of aromatic nitrogens is 1. The Morgan fingerprint density at radius 1 is 0.933 bits per heavy atom. The zero-order valence-corrected chi connectivity index (χ0v) is 38.1. The number of carbonyl (C=O) groups excluding carboxylic acids is 7. The van der Waals surface area contributed by atoms with E-state index in [1.165, 1.54) is 42.2 Å². The highest BCUT2D eigenvalue weighted by Gasteiger charge is 2.42. The zero-order valence-electron chi connectivity index (χ0n) is 37.3. The van der Waals surface area contributed by atoms with Crippen LogP contribution < -0.4 is 27.0 Å². The fraction of sp³-hybridized carbons (Fsp3) is 0.756. The summed E-state index contributed by atoms with van der Waals surface area (Å²) < 4.78 is 11.8. The highest BCUT2D eigenvalue weighted by atomic mass is 32.1. The summed E-state index contributed by atoms with van der Waals surface area (Å²) in [4.78, 5) is 101. The van der Waals surface area contributed by atoms with Gasteiger partial charge >= 0.3 is 0 Å². The van der Waals surface area contributed by atoms with Gasteiger partial charge in [0.2, 0.25) is 41.4 Å². The fourth-order valence-corrected chi connectivity index (χ4v) is 8.44. The number of ether oxygens (including phenoxy) is 2. The second-order valence-electron chi connectivity index (χ2n) is 16.0. The van der Waals surface area contributed by atoms with E-state index in [-0.39, 0.29) is 48.6 Å². The number of unbranched alkanes of at least 4 members (excludes halogenated alkanes) is 1. The summed E-state index contributed by atoms with van der Waals surface area (Å²) in [7, 11) is 6.13. The Morgan fingerprint density at radius 3 is 2.13 bits per heavy atom. The first-order chi connectivity index (χ1) is 28.4. The summed E-state index contributed by atoms with van der Waals surface area (Å²) in [5.41, 5.74) is 5.56. The van der Waals surface area contributed by atoms with Gasteiger partial charge in [-0.25, -0.2) is 4.98 Å². The van der Waals surface area contributed by atoms with Crippen molar-refractivity contribution in [3.8, 4) is 0 Å². The van der Waals surface area contributed by atoms with Gasteiger partial charge in [0.05, 0.1) is 56.3 Å². The zero-order chi connectivity index (χ0) is 45.1. The topological polar surface area (TPSA) is 235 Å². The average Bonchev–Trinajstić information content (AvgIpc) is 3.93. The van der Waals surface area contributed by atoms with Gasteiger partial charge in [0.1, 0.15) is 17.1 Å². The molecule has 8 atom stereocenters. The van der Waals surface area contributed by atoms with Gasteiger partial charge in [0.25, 0.3) is 0 Å². The second kappa shape index (κ2) is 26.2. The van der Waals surface area contributed by atoms with Crippen molar-refractivity contribution in [1.82, 2.24) is 41.0 Å². The predicted molar refractivity (Wildman–Crippen MR) is 228 cm³/mol. The van der Waals surface area contributed by atoms with Gasteiger partial charge in [-0.1, -0.05) is 41.0 Å². The number of amides is 7. The highest BCUT2D eigenvalue weighted by molar-refractivity contribution is 7.09. The number of carbonyl (C=O) groups is 7. The van der Waals surface area contributed by atoms with Gasteiger partial charge in [-0.2, -0.15) is 0 Å². The number of hydrogen-bond acceptors (Lipinski definition) is 12. The van der Waals surface area contributed by atoms with Crippen molar-refractivity contribution < 1.29 is 43.0 Å². The van der Waals surface area contributed by atoms with Crippen molar-refractivity contribution in [3.05, 3.63) is 16.6 Å². The molecule has 1 saturated heterocycles. The third-order valence-corrected chi connectivity index (χ3v) is 12.2. The Bertz CT molecular complexity index is 1550. The number of likely N-dealkylation sites (tertiary alicyclic amines) is 1. The molecule has 1 aliphatic rings. The quantitative estimate of drug-likeness (QED) is 0.0826. The minimum atomic E-state index is -0.964. The monoisotopic (exact) mass is 866 g/mol. The lowest BCUT2D eigenvalue weighted by Gasteiger charge is -2.39. The first-order valence-corrected chi connectivity index (χ1v) is 21.9. The maximum Gasteiger partial charge on any atom is 0.243 e. The molecule has 19 heteroatoms. The molecule has 7 amide bonds. The molecular formula is C41H71N9O9S. The van der Waals surface area contributed by atoms with Gasteiger partial charge in [0, 0.05) is 53.4 Å². The molecule has 60 heavy (non-hydrogen) atoms. The van der Waals surface area contributed by atoms with Crippen molar-refractivity contribution in [2.75, 3.05) is 54.5 Å². The summed E-state index contributed by atoms with van der Waals surface area (Å²) in [6.45, 7) is 11.1. The lowest BCUT2D eigenvalue weighted by Crippen LogP contribution is -2.56. The van der Waals surface area contributed by atoms with Crippen LogP contribution in [0.2, 0.25) is 0 Å². The average molecular weight is 866 g/mol. The van der Waals surface area contributed by atoms with Crippen molar-refractivity contribution in [3.63, 3.8) is 0 Å². The molecule has 0 bridgehead atoms. The molecular weight excluding hydrogens is 795 g/mol. The van der Waals surface area contributed by atoms with Crippen molar-refractivity contribution in [1.29, 1.82) is 0 Å². The van der Waals surface area contributed by atoms with Crippen LogP contribution in [-0.4, -0.2) is 152 Å². The van der Waals surface area contributed by atoms with Crippen LogP contribution in [0.4, 0.5) is 0 Å². The molecule has 0 radical (unpaired) electrons. The van der Waals surface area contributed by atoms with Crippen LogP contribution in [-0.2, 0) is 49.6 Å². The smallest absolute Gasteiger partial charge is 0.243 e. The minimum Gasteiger partial charge on any atom is -0.379 e. The Balaban J connectivity index is 2.10. The lowest BCUT2D eigenvalue weighted by molar-refractivity contribution is -0.146. The van der Waals surface area contributed by atoms with Crippen LogP contribution >= 0.6 is 11.3 Å². The Kier molecular flexibility index (Phi) is 22.7. The number of rotatable bonds is 26. The Hall–Kier alpha value is -4.20. The largest absolute Gasteiger partial charge is 0.379 e. The number of thiazole rings is 1. The molecule has 0 aromatic carbocycles. The van der Waals surface area contributed by atoms with Crippen molar-refractivity contribution >= 4 is 52.7 Å². The fourth-order valence-electron chi connectivity index (χ4n) is 7.88. The molecule has 2 rings (SSSR count). The Morgan fingerprint density at radius 2 is 1.58 bits per heavy atom. The third-order valence-electron chi connectivity index (χ3n) is 11.4. The molecule has 6 N–H and O–H groups in total. The van der Waals surface area contributed by atoms with Crippen LogP contribution in [0.1, 0.15) is 91.5 Å². The first kappa shape index (κ1) is 51.9. The number of nitrogens with two attached hydrogens (primary N) is 1. The van der Waals surface area contributed by atoms with E-state index in [0.717, 1.165) is 11.4 Å². The summed E-state index contributed by atoms with van der Waals surface area (Å²) in [5.74, 6) is -3.76. The van der Waals surface area contributed by atoms with E-state index < -0.39 is 66.4 Å². The predicted octanol–water partition coefficient (Wildman–Crippen LogP) is 1.03. The molecule has 1 unspecified atom stereocenters. The van der Waals surface area contributed by atoms with Crippen LogP contribution in [0.3, 0.4) is 0 Å². The highest BCUT2D eigenvalue weighted by Crippen LogP contribution is 2.29. The van der Waals surface area contributed by atoms with Gasteiger partial charge in [0.15, 0.2) is 0 Å². The number of nitrogens with zero attached hydrogens (tertiary/aromatic N) is 4. The summed E-state index contributed by atoms with van der Waals surface area (Å²) in [5, 5.41) is 13.4. The van der Waals surface area contributed by atoms with E-state index >= 15 is 0 Å². The third kappa shape index (κ3) is 15.4. The molecule has 0 saturated carbocycles. The standard InChI is InChI=1S/C41H71N9O9S/c1-11-26(4)37(31(58-9)21-33(52)50-19-14-16-30(50)38(59-10)27(5)39(55)44-22-32-43-18-20-60-32)49(8)35(54)24-46-41(57)36(25(2)3)48(7)34(53)23-45-40(56)29(47-28(6)51)15-12-13-17-42/h18,20,25-27,29-31,36-38H,11-17,19,21-24,42H2,1-10H3,(H,44,55)(H,45,56)(H,46,57)(H,47,51)/t26-,27+,29-,30-,31+,36?,37-,38+/m0/s1. The van der Waals surface area contributed by atoms with Gasteiger partial charge in [-0.3, -0.25) is 33.6 Å². The number of nitrogens with one attached hydrogen (secondary N) is 4. The van der Waals surface area contributed by atoms with Gasteiger partial charge in [-0.05, 0) is 50.5 Å². The van der Waals surface area contributed by atoms with Crippen LogP contribution in [0, 0.1) is 17.8 Å². The van der Waals surface area contributed by atoms with Crippen molar-refractivity contribution in [2.45, 2.75) is 129 Å². The van der Waals surface area contributed by atoms with E-state index in [2.05, 4.69) is 26.3 Å². The molecule has 1 aromatic heterocycles. The van der Waals surface area contributed by atoms with Crippen molar-refractivity contribution in [2.24, 2.45) is 23.5 Å². The molecule has 0 spiro atoms. The SMILES string of the molecule is CC[C@H](C)[C@@H]([C@@H](CC(=O)N1CCC[C@H]1[C@H](OC)[C@@H](C)C(=O)NCc1nccs1)OC)N(C)C(=O)CNC(=O)C(C(C)C)N(C)C(=O)CNC(=O)[C@H](CCCCN)NC(C)=O. The normalized spacial score (nSPS) is 17.4. The van der Waals surface area contributed by atoms with Gasteiger partial charge in [-0.15, -0.1) is 11.3 Å². The number of methoxy groups -OCH3 is 2. The van der Waals surface area contributed by atoms with Gasteiger partial charge < -0.3 is 51.2 Å². The first-order valence-electron chi connectivity index (χ1n) is 21.0. The molecule has 18 nitrogen and oxygen atoms in total. The maximum atomic E-state index is 14.1. The molecule has 340 valence electrons. The van der Waals surface area contributed by atoms with E-state index in [1.54, 1.807) is 46.0 Å². The summed E-state index contributed by atoms with van der Waals surface area (Å²) in [6.07, 6.45) is 4.15. The van der Waals surface area contributed by atoms with E-state index in [9.17, 15) is 33.6 Å². The Labute approximate surface area is 359 Å². The number of hydrogen-bond donors (Lipinski definition) is 5.